The van der Waals surface area contributed by atoms with Crippen molar-refractivity contribution in [2.75, 3.05) is 21.3 Å². The Bertz CT molecular complexity index is 1040. The van der Waals surface area contributed by atoms with Crippen LogP contribution in [0.15, 0.2) is 47.4 Å². The normalized spacial score (nSPS) is 17.1. The summed E-state index contributed by atoms with van der Waals surface area (Å²) in [7, 11) is -7.54. The molecule has 2 aromatic rings. The molecule has 2 aromatic carbocycles. The molecule has 1 N–H and O–H groups in total. The van der Waals surface area contributed by atoms with Crippen molar-refractivity contribution in [2.45, 2.75) is 24.7 Å². The molecule has 0 radical (unpaired) electrons. The second-order valence-electron chi connectivity index (χ2n) is 6.13. The van der Waals surface area contributed by atoms with Crippen molar-refractivity contribution in [2.24, 2.45) is 0 Å². The van der Waals surface area contributed by atoms with Crippen molar-refractivity contribution in [3.8, 4) is 0 Å². The van der Waals surface area contributed by atoms with Crippen LogP contribution in [0.3, 0.4) is 0 Å². The lowest BCUT2D eigenvalue weighted by Gasteiger charge is -2.28. The molecule has 1 aliphatic rings. The van der Waals surface area contributed by atoms with Gasteiger partial charge < -0.3 is 0 Å². The average Bonchev–Trinajstić information content (AvgIpc) is 2.57. The minimum Gasteiger partial charge on any atom is -0.277 e. The predicted molar refractivity (Wildman–Crippen MR) is 98.8 cm³/mol. The number of nitrogens with zero attached hydrogens (tertiary/aromatic N) is 1. The Morgan fingerprint density at radius 2 is 1.85 bits per heavy atom. The molecule has 0 atom stereocenters. The number of sulfonamides is 2. The zero-order valence-electron chi connectivity index (χ0n) is 14.1. The fraction of sp³-hybridized carbons (Fsp3) is 0.294. The smallest absolute Gasteiger partial charge is 0.262 e. The molecule has 1 saturated heterocycles. The molecule has 0 unspecified atom stereocenters. The fourth-order valence-electron chi connectivity index (χ4n) is 2.86. The van der Waals surface area contributed by atoms with Crippen LogP contribution >= 0.6 is 0 Å². The van der Waals surface area contributed by atoms with Gasteiger partial charge in [0.05, 0.1) is 22.0 Å². The van der Waals surface area contributed by atoms with E-state index in [1.54, 1.807) is 19.1 Å². The SMILES string of the molecule is Cc1ccc(N2CCCCS2(=O)=O)cc1S(=O)(=O)Nc1ccccc1F. The van der Waals surface area contributed by atoms with Gasteiger partial charge in [-0.05, 0) is 49.6 Å². The third-order valence-corrected chi connectivity index (χ3v) is 7.59. The molecular formula is C17H19FN2O4S2. The quantitative estimate of drug-likeness (QED) is 0.858. The first-order valence-corrected chi connectivity index (χ1v) is 11.2. The van der Waals surface area contributed by atoms with Crippen molar-refractivity contribution in [1.82, 2.24) is 0 Å². The summed E-state index contributed by atoms with van der Waals surface area (Å²) in [6.45, 7) is 1.91. The molecule has 9 heteroatoms. The fourth-order valence-corrected chi connectivity index (χ4v) is 5.82. The topological polar surface area (TPSA) is 83.6 Å². The zero-order valence-corrected chi connectivity index (χ0v) is 15.8. The number of hydrogen-bond acceptors (Lipinski definition) is 4. The van der Waals surface area contributed by atoms with E-state index in [9.17, 15) is 21.2 Å². The number of halogens is 1. The third-order valence-electron chi connectivity index (χ3n) is 4.22. The highest BCUT2D eigenvalue weighted by atomic mass is 32.2. The molecule has 0 bridgehead atoms. The van der Waals surface area contributed by atoms with Gasteiger partial charge in [-0.15, -0.1) is 0 Å². The van der Waals surface area contributed by atoms with Gasteiger partial charge in [-0.25, -0.2) is 21.2 Å². The van der Waals surface area contributed by atoms with Gasteiger partial charge in [0.15, 0.2) is 0 Å². The van der Waals surface area contributed by atoms with Crippen LogP contribution in [0.5, 0.6) is 0 Å². The van der Waals surface area contributed by atoms with E-state index in [1.165, 1.54) is 28.6 Å². The summed E-state index contributed by atoms with van der Waals surface area (Å²) in [5.74, 6) is -0.653. The summed E-state index contributed by atoms with van der Waals surface area (Å²) in [5, 5.41) is 0. The number of benzene rings is 2. The highest BCUT2D eigenvalue weighted by Crippen LogP contribution is 2.29. The molecule has 0 aliphatic carbocycles. The van der Waals surface area contributed by atoms with Crippen molar-refractivity contribution in [3.05, 3.63) is 53.8 Å². The van der Waals surface area contributed by atoms with Gasteiger partial charge in [0.25, 0.3) is 10.0 Å². The van der Waals surface area contributed by atoms with Gasteiger partial charge >= 0.3 is 0 Å². The van der Waals surface area contributed by atoms with Crippen LogP contribution in [-0.4, -0.2) is 29.1 Å². The summed E-state index contributed by atoms with van der Waals surface area (Å²) >= 11 is 0. The number of rotatable bonds is 4. The molecular weight excluding hydrogens is 379 g/mol. The minimum absolute atomic E-state index is 0.0381. The van der Waals surface area contributed by atoms with Crippen LogP contribution in [0.25, 0.3) is 0 Å². The molecule has 1 fully saturated rings. The highest BCUT2D eigenvalue weighted by molar-refractivity contribution is 7.93. The van der Waals surface area contributed by atoms with E-state index in [-0.39, 0.29) is 16.3 Å². The predicted octanol–water partition coefficient (Wildman–Crippen LogP) is 2.86. The lowest BCUT2D eigenvalue weighted by atomic mass is 10.2. The Labute approximate surface area is 152 Å². The molecule has 140 valence electrons. The highest BCUT2D eigenvalue weighted by Gasteiger charge is 2.28. The second-order valence-corrected chi connectivity index (χ2v) is 9.79. The van der Waals surface area contributed by atoms with Crippen LogP contribution in [0.1, 0.15) is 18.4 Å². The van der Waals surface area contributed by atoms with E-state index in [0.29, 0.717) is 30.6 Å². The van der Waals surface area contributed by atoms with Crippen molar-refractivity contribution in [1.29, 1.82) is 0 Å². The van der Waals surface area contributed by atoms with Crippen LogP contribution in [-0.2, 0) is 20.0 Å². The van der Waals surface area contributed by atoms with Crippen molar-refractivity contribution >= 4 is 31.4 Å². The van der Waals surface area contributed by atoms with E-state index >= 15 is 0 Å². The zero-order chi connectivity index (χ0) is 18.9. The Balaban J connectivity index is 2.01. The Morgan fingerprint density at radius 1 is 1.12 bits per heavy atom. The van der Waals surface area contributed by atoms with Gasteiger partial charge in [-0.2, -0.15) is 0 Å². The number of aryl methyl sites for hydroxylation is 1. The van der Waals surface area contributed by atoms with Crippen LogP contribution < -0.4 is 9.03 Å². The molecule has 1 heterocycles. The summed E-state index contributed by atoms with van der Waals surface area (Å²) < 4.78 is 67.3. The van der Waals surface area contributed by atoms with Gasteiger partial charge in [0.1, 0.15) is 5.82 Å². The van der Waals surface area contributed by atoms with Crippen molar-refractivity contribution < 1.29 is 21.2 Å². The molecule has 6 nitrogen and oxygen atoms in total. The number of nitrogens with one attached hydrogen (secondary N) is 1. The van der Waals surface area contributed by atoms with Crippen molar-refractivity contribution in [3.63, 3.8) is 0 Å². The maximum Gasteiger partial charge on any atom is 0.262 e. The molecule has 0 amide bonds. The summed E-state index contributed by atoms with van der Waals surface area (Å²) in [6.07, 6.45) is 1.30. The molecule has 0 aromatic heterocycles. The van der Waals surface area contributed by atoms with E-state index in [1.807, 2.05) is 0 Å². The Morgan fingerprint density at radius 3 is 2.54 bits per heavy atom. The lowest BCUT2D eigenvalue weighted by Crippen LogP contribution is -2.38. The third kappa shape index (κ3) is 3.68. The maximum absolute atomic E-state index is 13.8. The molecule has 0 spiro atoms. The van der Waals surface area contributed by atoms with Crippen LogP contribution in [0.2, 0.25) is 0 Å². The molecule has 3 rings (SSSR count). The van der Waals surface area contributed by atoms with Crippen LogP contribution in [0, 0.1) is 12.7 Å². The van der Waals surface area contributed by atoms with Gasteiger partial charge in [0, 0.05) is 6.54 Å². The largest absolute Gasteiger partial charge is 0.277 e. The first kappa shape index (κ1) is 18.7. The van der Waals surface area contributed by atoms with E-state index in [0.717, 1.165) is 6.07 Å². The number of hydrogen-bond donors (Lipinski definition) is 1. The van der Waals surface area contributed by atoms with Gasteiger partial charge in [-0.1, -0.05) is 18.2 Å². The molecule has 0 saturated carbocycles. The van der Waals surface area contributed by atoms with E-state index in [4.69, 9.17) is 0 Å². The standard InChI is InChI=1S/C17H19FN2O4S2/c1-13-8-9-14(20-10-4-5-11-25(20,21)22)12-17(13)26(23,24)19-16-7-3-2-6-15(16)18/h2-3,6-9,12,19H,4-5,10-11H2,1H3. The van der Waals surface area contributed by atoms with E-state index < -0.39 is 25.9 Å². The Hall–Kier alpha value is -2.13. The first-order valence-electron chi connectivity index (χ1n) is 8.09. The summed E-state index contributed by atoms with van der Waals surface area (Å²) in [5.41, 5.74) is 0.569. The molecule has 1 aliphatic heterocycles. The summed E-state index contributed by atoms with van der Waals surface area (Å²) in [4.78, 5) is -0.0842. The minimum atomic E-state index is -4.08. The molecule has 26 heavy (non-hydrogen) atoms. The number of anilines is 2. The first-order chi connectivity index (χ1) is 12.2. The van der Waals surface area contributed by atoms with Gasteiger partial charge in [0.2, 0.25) is 10.0 Å². The van der Waals surface area contributed by atoms with E-state index in [2.05, 4.69) is 4.72 Å². The van der Waals surface area contributed by atoms with Gasteiger partial charge in [-0.3, -0.25) is 9.03 Å². The number of para-hydroxylation sites is 1. The van der Waals surface area contributed by atoms with Crippen LogP contribution in [0.4, 0.5) is 15.8 Å². The monoisotopic (exact) mass is 398 g/mol. The average molecular weight is 398 g/mol. The summed E-state index contributed by atoms with van der Waals surface area (Å²) in [6, 6.07) is 9.91. The maximum atomic E-state index is 13.8. The lowest BCUT2D eigenvalue weighted by molar-refractivity contribution is 0.574. The Kier molecular flexibility index (Phi) is 4.94. The second kappa shape index (κ2) is 6.88.